The third-order valence-electron chi connectivity index (χ3n) is 3.92. The number of aromatic amines is 1. The molecule has 11 nitrogen and oxygen atoms in total. The lowest BCUT2D eigenvalue weighted by Crippen LogP contribution is -2.26. The molecule has 0 aliphatic carbocycles. The topological polar surface area (TPSA) is 157 Å². The van der Waals surface area contributed by atoms with Crippen LogP contribution in [0.3, 0.4) is 0 Å². The van der Waals surface area contributed by atoms with E-state index in [0.717, 1.165) is 19.2 Å². The SMILES string of the molecule is [2H]P([B][3H])SOC[C@H]1O[C@@H](n2cnc3c(=O)[nH]c(N)nc32)[C@@H](C)C1N=[N+]=[N-]. The fraction of sp³-hybridized carbons (Fsp3) is 0.545. The van der Waals surface area contributed by atoms with Gasteiger partial charge in [0, 0.05) is 22.5 Å². The Bertz CT molecular complexity index is 927. The summed E-state index contributed by atoms with van der Waals surface area (Å²) < 4.78 is 27.5. The fourth-order valence-corrected chi connectivity index (χ4v) is 3.46. The number of aromatic nitrogens is 4. The van der Waals surface area contributed by atoms with E-state index in [1.807, 2.05) is 6.92 Å². The van der Waals surface area contributed by atoms with Crippen molar-refractivity contribution in [1.82, 2.24) is 19.5 Å². The Balaban J connectivity index is 1.86. The van der Waals surface area contributed by atoms with Crippen LogP contribution in [0.25, 0.3) is 21.6 Å². The minimum Gasteiger partial charge on any atom is -0.369 e. The lowest BCUT2D eigenvalue weighted by molar-refractivity contribution is -0.0236. The molecule has 1 radical (unpaired) electrons. The number of hydrogen-bond acceptors (Lipinski definition) is 8. The Morgan fingerprint density at radius 1 is 1.88 bits per heavy atom. The molecule has 2 aromatic heterocycles. The minimum absolute atomic E-state index is 0.0433. The molecule has 1 fully saturated rings. The molecule has 0 aromatic carbocycles. The number of nitrogens with zero attached hydrogens (tertiary/aromatic N) is 6. The number of imidazole rings is 1. The van der Waals surface area contributed by atoms with Gasteiger partial charge in [0.25, 0.3) is 5.56 Å². The van der Waals surface area contributed by atoms with E-state index in [1.54, 1.807) is 4.57 Å². The summed E-state index contributed by atoms with van der Waals surface area (Å²) in [5, 5.41) is 3.81. The van der Waals surface area contributed by atoms with Gasteiger partial charge in [-0.3, -0.25) is 14.3 Å². The molecule has 14 heteroatoms. The second-order valence-electron chi connectivity index (χ2n) is 5.36. The number of fused-ring (bicyclic) bond motifs is 1. The maximum atomic E-state index is 12.0. The summed E-state index contributed by atoms with van der Waals surface area (Å²) >= 11 is 0.870. The molecule has 0 amide bonds. The van der Waals surface area contributed by atoms with Crippen molar-refractivity contribution in [3.05, 3.63) is 27.1 Å². The molecule has 0 bridgehead atoms. The van der Waals surface area contributed by atoms with Gasteiger partial charge in [-0.2, -0.15) is 4.98 Å². The van der Waals surface area contributed by atoms with Crippen LogP contribution in [0.15, 0.2) is 16.2 Å². The van der Waals surface area contributed by atoms with Crippen LogP contribution in [0.2, 0.25) is 0 Å². The highest BCUT2D eigenvalue weighted by Crippen LogP contribution is 2.38. The monoisotopic (exact) mass is 384 g/mol. The largest absolute Gasteiger partial charge is 0.369 e. The van der Waals surface area contributed by atoms with Crippen LogP contribution in [0.5, 0.6) is 0 Å². The van der Waals surface area contributed by atoms with Crippen molar-refractivity contribution in [2.45, 2.75) is 25.3 Å². The molecule has 0 saturated carbocycles. The number of hydrogen-bond donors (Lipinski definition) is 2. The van der Waals surface area contributed by atoms with Gasteiger partial charge < -0.3 is 14.7 Å². The van der Waals surface area contributed by atoms with Crippen LogP contribution in [0, 0.1) is 5.92 Å². The normalized spacial score (nSPS) is 28.2. The Kier molecular flexibility index (Phi) is 4.72. The maximum absolute atomic E-state index is 12.0. The van der Waals surface area contributed by atoms with Gasteiger partial charge in [0.15, 0.2) is 11.2 Å². The second kappa shape index (κ2) is 7.63. The van der Waals surface area contributed by atoms with Crippen molar-refractivity contribution >= 4 is 43.9 Å². The van der Waals surface area contributed by atoms with Gasteiger partial charge in [0.2, 0.25) is 5.95 Å². The van der Waals surface area contributed by atoms with Gasteiger partial charge in [-0.15, -0.1) is 0 Å². The van der Waals surface area contributed by atoms with Crippen LogP contribution in [-0.4, -0.2) is 48.4 Å². The van der Waals surface area contributed by atoms with Crippen LogP contribution < -0.4 is 11.3 Å². The van der Waals surface area contributed by atoms with E-state index in [9.17, 15) is 4.79 Å². The first-order chi connectivity index (χ1) is 13.0. The van der Waals surface area contributed by atoms with E-state index in [0.29, 0.717) is 0 Å². The van der Waals surface area contributed by atoms with Gasteiger partial charge in [0.1, 0.15) is 13.8 Å². The highest BCUT2D eigenvalue weighted by Gasteiger charge is 2.43. The van der Waals surface area contributed by atoms with Crippen molar-refractivity contribution in [3.8, 4) is 0 Å². The van der Waals surface area contributed by atoms with Gasteiger partial charge in [-0.05, 0) is 6.87 Å². The van der Waals surface area contributed by atoms with Gasteiger partial charge >= 0.3 is 0 Å². The van der Waals surface area contributed by atoms with Crippen LogP contribution in [0.4, 0.5) is 5.95 Å². The smallest absolute Gasteiger partial charge is 0.280 e. The zero-order chi connectivity index (χ0) is 19.6. The van der Waals surface area contributed by atoms with Crippen molar-refractivity contribution < 1.29 is 8.92 Å². The Morgan fingerprint density at radius 2 is 2.72 bits per heavy atom. The first-order valence-electron chi connectivity index (χ1n) is 8.20. The molecule has 3 N–H and O–H groups in total. The molecule has 5 atom stereocenters. The van der Waals surface area contributed by atoms with Gasteiger partial charge in [0.05, 0.1) is 26.4 Å². The zero-order valence-corrected chi connectivity index (χ0v) is 14.7. The first-order valence-corrected chi connectivity index (χ1v) is 9.48. The summed E-state index contributed by atoms with van der Waals surface area (Å²) in [5.74, 6) is -0.308. The molecule has 25 heavy (non-hydrogen) atoms. The first kappa shape index (κ1) is 15.5. The zero-order valence-electron chi connectivity index (χ0n) is 15.0. The molecular formula is C11H15BN8O3PS. The quantitative estimate of drug-likeness (QED) is 0.180. The highest BCUT2D eigenvalue weighted by atomic mass is 32.7. The summed E-state index contributed by atoms with van der Waals surface area (Å²) in [6.07, 6.45) is 0.258. The average Bonchev–Trinajstić information content (AvgIpc) is 3.18. The van der Waals surface area contributed by atoms with Gasteiger partial charge in [-0.1, -0.05) is 19.6 Å². The number of anilines is 1. The number of nitrogens with two attached hydrogens (primary N) is 1. The summed E-state index contributed by atoms with van der Waals surface area (Å²) in [4.78, 5) is 25.4. The molecule has 1 saturated heterocycles. The van der Waals surface area contributed by atoms with E-state index in [2.05, 4.69) is 25.0 Å². The number of ether oxygens (including phenoxy) is 1. The Morgan fingerprint density at radius 3 is 3.48 bits per heavy atom. The number of rotatable bonds is 7. The fourth-order valence-electron chi connectivity index (χ4n) is 2.84. The Hall–Kier alpha value is -1.78. The number of azide groups is 1. The summed E-state index contributed by atoms with van der Waals surface area (Å²) in [6.45, 7) is 1.91. The lowest BCUT2D eigenvalue weighted by Gasteiger charge is -2.17. The van der Waals surface area contributed by atoms with Crippen molar-refractivity contribution in [2.75, 3.05) is 12.3 Å². The predicted octanol–water partition coefficient (Wildman–Crippen LogP) is 0.988. The van der Waals surface area contributed by atoms with E-state index < -0.39 is 31.5 Å². The highest BCUT2D eigenvalue weighted by molar-refractivity contribution is 8.53. The van der Waals surface area contributed by atoms with E-state index >= 15 is 0 Å². The Labute approximate surface area is 151 Å². The second-order valence-corrected chi connectivity index (χ2v) is 7.03. The molecule has 1 aliphatic heterocycles. The summed E-state index contributed by atoms with van der Waals surface area (Å²) in [5.41, 5.74) is 14.4. The van der Waals surface area contributed by atoms with Crippen LogP contribution >= 0.6 is 19.3 Å². The predicted molar refractivity (Wildman–Crippen MR) is 97.6 cm³/mol. The molecule has 3 rings (SSSR count). The molecule has 1 aliphatic rings. The van der Waals surface area contributed by atoms with Gasteiger partial charge in [-0.25, -0.2) is 4.98 Å². The molecule has 2 unspecified atom stereocenters. The third-order valence-corrected chi connectivity index (χ3v) is 4.82. The summed E-state index contributed by atoms with van der Waals surface area (Å²) in [7, 11) is -0.463. The number of nitrogens with one attached hydrogen (secondary N) is 1. The number of nitrogen functional groups attached to an aromatic ring is 1. The average molecular weight is 384 g/mol. The molecular weight excluding hydrogens is 366 g/mol. The van der Waals surface area contributed by atoms with Crippen molar-refractivity contribution in [2.24, 2.45) is 11.0 Å². The molecule has 3 heterocycles. The van der Waals surface area contributed by atoms with Crippen molar-refractivity contribution in [3.63, 3.8) is 0 Å². The van der Waals surface area contributed by atoms with E-state index in [4.69, 9.17) is 22.8 Å². The molecule has 131 valence electrons. The molecule has 0 spiro atoms. The van der Waals surface area contributed by atoms with E-state index in [1.165, 1.54) is 6.33 Å². The van der Waals surface area contributed by atoms with Crippen LogP contribution in [-0.2, 0) is 8.92 Å². The van der Waals surface area contributed by atoms with Crippen LogP contribution in [0.1, 0.15) is 13.2 Å². The standard InChI is InChI=1S/C11H15BN8O3PS/c1-4-6(18-19-14)5(2-22-25-24-12)23-10(4)20-3-15-7-8(20)16-11(13)17-9(7)21/h3-6,10,12,24H,2H2,1H3,(H3,13,16,17,21)/t4-,5+,6?,10+,24?/m0/s1/i12T,24D. The van der Waals surface area contributed by atoms with E-state index in [-0.39, 0.29) is 29.6 Å². The minimum atomic E-state index is -1.46. The lowest BCUT2D eigenvalue weighted by atomic mass is 10.00. The third kappa shape index (κ3) is 3.46. The molecule has 2 aromatic rings. The summed E-state index contributed by atoms with van der Waals surface area (Å²) in [6, 6.07) is -0.533. The van der Waals surface area contributed by atoms with Crippen molar-refractivity contribution in [1.29, 1.82) is 2.61 Å². The number of H-pyrrole nitrogens is 1. The maximum Gasteiger partial charge on any atom is 0.280 e.